The Kier molecular flexibility index (Phi) is 3.00. The van der Waals surface area contributed by atoms with E-state index >= 15 is 0 Å². The van der Waals surface area contributed by atoms with E-state index in [4.69, 9.17) is 4.74 Å². The highest BCUT2D eigenvalue weighted by Gasteiger charge is 2.45. The minimum absolute atomic E-state index is 0.0490. The maximum absolute atomic E-state index is 10.7. The summed E-state index contributed by atoms with van der Waals surface area (Å²) in [5.74, 6) is 1.38. The zero-order valence-electron chi connectivity index (χ0n) is 12.3. The number of benzene rings is 1. The molecule has 7 nitrogen and oxygen atoms in total. The maximum atomic E-state index is 10.7. The molecular formula is C16H14N4O3. The molecule has 1 aromatic carbocycles. The number of rotatable bonds is 4. The molecule has 2 heterocycles. The third-order valence-corrected chi connectivity index (χ3v) is 4.24. The third-order valence-electron chi connectivity index (χ3n) is 4.24. The zero-order valence-corrected chi connectivity index (χ0v) is 12.3. The quantitative estimate of drug-likeness (QED) is 0.546. The van der Waals surface area contributed by atoms with Crippen LogP contribution in [-0.4, -0.2) is 19.5 Å². The Balaban J connectivity index is 1.69. The number of nitrogens with zero attached hydrogens (tertiary/aromatic N) is 4. The van der Waals surface area contributed by atoms with Gasteiger partial charge in [0.15, 0.2) is 17.1 Å². The summed E-state index contributed by atoms with van der Waals surface area (Å²) in [6, 6.07) is 11.9. The molecular weight excluding hydrogens is 296 g/mol. The number of aromatic nitrogens is 3. The molecule has 0 amide bonds. The van der Waals surface area contributed by atoms with E-state index in [0.717, 1.165) is 30.7 Å². The van der Waals surface area contributed by atoms with Gasteiger partial charge in [-0.15, -0.1) is 10.2 Å². The van der Waals surface area contributed by atoms with Crippen molar-refractivity contribution < 1.29 is 9.66 Å². The van der Waals surface area contributed by atoms with E-state index in [1.54, 1.807) is 12.1 Å². The van der Waals surface area contributed by atoms with Crippen LogP contribution < -0.4 is 4.74 Å². The normalized spacial score (nSPS) is 16.0. The molecule has 0 unspecified atom stereocenters. The molecule has 3 aromatic rings. The van der Waals surface area contributed by atoms with Gasteiger partial charge in [0.05, 0.1) is 4.92 Å². The Bertz CT molecular complexity index is 868. The minimum Gasteiger partial charge on any atom is -0.479 e. The summed E-state index contributed by atoms with van der Waals surface area (Å²) >= 11 is 0. The number of ether oxygens (including phenoxy) is 1. The van der Waals surface area contributed by atoms with Crippen LogP contribution in [0.25, 0.3) is 5.65 Å². The molecule has 0 atom stereocenters. The van der Waals surface area contributed by atoms with E-state index in [-0.39, 0.29) is 5.69 Å². The van der Waals surface area contributed by atoms with Crippen LogP contribution in [0.5, 0.6) is 5.75 Å². The lowest BCUT2D eigenvalue weighted by Gasteiger charge is -2.40. The van der Waals surface area contributed by atoms with Crippen LogP contribution in [0, 0.1) is 10.1 Å². The maximum Gasteiger partial charge on any atom is 0.269 e. The lowest BCUT2D eigenvalue weighted by atomic mass is 9.79. The molecule has 0 N–H and O–H groups in total. The number of hydrogen-bond donors (Lipinski definition) is 0. The Morgan fingerprint density at radius 1 is 1.13 bits per heavy atom. The highest BCUT2D eigenvalue weighted by Crippen LogP contribution is 2.44. The predicted molar refractivity (Wildman–Crippen MR) is 82.2 cm³/mol. The van der Waals surface area contributed by atoms with Gasteiger partial charge in [-0.05, 0) is 43.5 Å². The average molecular weight is 310 g/mol. The van der Waals surface area contributed by atoms with Crippen LogP contribution >= 0.6 is 0 Å². The predicted octanol–water partition coefficient (Wildman–Crippen LogP) is 3.10. The van der Waals surface area contributed by atoms with Crippen LogP contribution in [0.2, 0.25) is 0 Å². The number of nitro groups is 1. The van der Waals surface area contributed by atoms with E-state index in [0.29, 0.717) is 5.75 Å². The van der Waals surface area contributed by atoms with Crippen molar-refractivity contribution in [3.8, 4) is 5.75 Å². The summed E-state index contributed by atoms with van der Waals surface area (Å²) in [6.07, 6.45) is 4.66. The van der Waals surface area contributed by atoms with Gasteiger partial charge >= 0.3 is 0 Å². The van der Waals surface area contributed by atoms with E-state index in [2.05, 4.69) is 10.2 Å². The Labute approximate surface area is 131 Å². The van der Waals surface area contributed by atoms with Gasteiger partial charge in [0.1, 0.15) is 5.75 Å². The minimum atomic E-state index is -0.517. The highest BCUT2D eigenvalue weighted by molar-refractivity contribution is 5.40. The van der Waals surface area contributed by atoms with Gasteiger partial charge in [-0.25, -0.2) is 0 Å². The first-order valence-electron chi connectivity index (χ1n) is 7.42. The van der Waals surface area contributed by atoms with Crippen molar-refractivity contribution in [3.05, 3.63) is 64.6 Å². The van der Waals surface area contributed by atoms with Gasteiger partial charge in [-0.2, -0.15) is 0 Å². The standard InChI is InChI=1S/C16H14N4O3/c21-20(22)12-5-7-13(8-6-12)23-16(9-3-10-16)15-18-17-14-4-1-2-11-19(14)15/h1-2,4-8,11H,3,9-10H2. The number of nitro benzene ring substituents is 1. The van der Waals surface area contributed by atoms with Crippen molar-refractivity contribution in [2.75, 3.05) is 0 Å². The molecule has 2 aromatic heterocycles. The fourth-order valence-corrected chi connectivity index (χ4v) is 2.88. The molecule has 7 heteroatoms. The van der Waals surface area contributed by atoms with Gasteiger partial charge in [-0.1, -0.05) is 6.07 Å². The lowest BCUT2D eigenvalue weighted by Crippen LogP contribution is -2.42. The van der Waals surface area contributed by atoms with Gasteiger partial charge in [0.2, 0.25) is 0 Å². The molecule has 0 spiro atoms. The van der Waals surface area contributed by atoms with E-state index in [1.807, 2.05) is 28.8 Å². The van der Waals surface area contributed by atoms with Crippen molar-refractivity contribution >= 4 is 11.3 Å². The fourth-order valence-electron chi connectivity index (χ4n) is 2.88. The van der Waals surface area contributed by atoms with Crippen LogP contribution in [0.15, 0.2) is 48.7 Å². The molecule has 4 rings (SSSR count). The largest absolute Gasteiger partial charge is 0.479 e. The van der Waals surface area contributed by atoms with Gasteiger partial charge in [0, 0.05) is 18.3 Å². The van der Waals surface area contributed by atoms with Crippen molar-refractivity contribution in [1.82, 2.24) is 14.6 Å². The molecule has 1 aliphatic rings. The van der Waals surface area contributed by atoms with Crippen LogP contribution in [0.3, 0.4) is 0 Å². The summed E-state index contributed by atoms with van der Waals surface area (Å²) in [5, 5.41) is 19.2. The second kappa shape index (κ2) is 5.05. The van der Waals surface area contributed by atoms with E-state index in [1.165, 1.54) is 12.1 Å². The summed E-state index contributed by atoms with van der Waals surface area (Å²) in [7, 11) is 0. The summed E-state index contributed by atoms with van der Waals surface area (Å²) in [5.41, 5.74) is 0.311. The summed E-state index contributed by atoms with van der Waals surface area (Å²) in [6.45, 7) is 0. The first kappa shape index (κ1) is 13.7. The van der Waals surface area contributed by atoms with Gasteiger partial charge in [-0.3, -0.25) is 14.5 Å². The molecule has 0 bridgehead atoms. The van der Waals surface area contributed by atoms with Gasteiger partial charge in [0.25, 0.3) is 5.69 Å². The highest BCUT2D eigenvalue weighted by atomic mass is 16.6. The smallest absolute Gasteiger partial charge is 0.269 e. The zero-order chi connectivity index (χ0) is 15.9. The van der Waals surface area contributed by atoms with E-state index in [9.17, 15) is 10.1 Å². The van der Waals surface area contributed by atoms with E-state index < -0.39 is 10.5 Å². The second-order valence-corrected chi connectivity index (χ2v) is 5.65. The second-order valence-electron chi connectivity index (χ2n) is 5.65. The summed E-state index contributed by atoms with van der Waals surface area (Å²) in [4.78, 5) is 10.3. The number of fused-ring (bicyclic) bond motifs is 1. The lowest BCUT2D eigenvalue weighted by molar-refractivity contribution is -0.384. The molecule has 0 aliphatic heterocycles. The van der Waals surface area contributed by atoms with Gasteiger partial charge < -0.3 is 4.74 Å². The molecule has 1 aliphatic carbocycles. The molecule has 0 saturated heterocycles. The van der Waals surface area contributed by atoms with Crippen molar-refractivity contribution in [3.63, 3.8) is 0 Å². The molecule has 1 fully saturated rings. The fraction of sp³-hybridized carbons (Fsp3) is 0.250. The van der Waals surface area contributed by atoms with Crippen LogP contribution in [0.1, 0.15) is 25.1 Å². The molecule has 23 heavy (non-hydrogen) atoms. The monoisotopic (exact) mass is 310 g/mol. The molecule has 1 saturated carbocycles. The molecule has 116 valence electrons. The topological polar surface area (TPSA) is 82.6 Å². The van der Waals surface area contributed by atoms with Crippen LogP contribution in [-0.2, 0) is 5.60 Å². The van der Waals surface area contributed by atoms with Crippen molar-refractivity contribution in [2.24, 2.45) is 0 Å². The summed E-state index contributed by atoms with van der Waals surface area (Å²) < 4.78 is 8.11. The number of pyridine rings is 1. The Morgan fingerprint density at radius 2 is 1.91 bits per heavy atom. The molecule has 0 radical (unpaired) electrons. The number of hydrogen-bond acceptors (Lipinski definition) is 5. The average Bonchev–Trinajstić information content (AvgIpc) is 2.96. The number of non-ortho nitro benzene ring substituents is 1. The van der Waals surface area contributed by atoms with Crippen LogP contribution in [0.4, 0.5) is 5.69 Å². The Morgan fingerprint density at radius 3 is 2.57 bits per heavy atom. The van der Waals surface area contributed by atoms with Crippen molar-refractivity contribution in [1.29, 1.82) is 0 Å². The first-order valence-corrected chi connectivity index (χ1v) is 7.42. The SMILES string of the molecule is O=[N+]([O-])c1ccc(OC2(c3nnc4ccccn34)CCC2)cc1. The van der Waals surface area contributed by atoms with Crippen molar-refractivity contribution in [2.45, 2.75) is 24.9 Å². The first-order chi connectivity index (χ1) is 11.2. The third kappa shape index (κ3) is 2.21. The Hall–Kier alpha value is -2.96.